The fraction of sp³-hybridized carbons (Fsp3) is 0.235. The summed E-state index contributed by atoms with van der Waals surface area (Å²) in [6.45, 7) is 2.08. The zero-order valence-electron chi connectivity index (χ0n) is 13.8. The number of carbonyl (C=O) groups is 1. The van der Waals surface area contributed by atoms with Crippen LogP contribution in [0.15, 0.2) is 46.2 Å². The van der Waals surface area contributed by atoms with Gasteiger partial charge >= 0.3 is 0 Å². The predicted molar refractivity (Wildman–Crippen MR) is 98.7 cm³/mol. The van der Waals surface area contributed by atoms with Crippen molar-refractivity contribution in [1.29, 1.82) is 0 Å². The molecule has 1 N–H and O–H groups in total. The maximum atomic E-state index is 12.2. The molecule has 0 spiro atoms. The van der Waals surface area contributed by atoms with Crippen molar-refractivity contribution in [3.63, 3.8) is 0 Å². The van der Waals surface area contributed by atoms with Crippen LogP contribution < -0.4 is 5.32 Å². The summed E-state index contributed by atoms with van der Waals surface area (Å²) in [5.74, 6) is 0.794. The Balaban J connectivity index is 1.61. The number of likely N-dealkylation sites (N-methyl/N-ethyl adjacent to an activating group) is 1. The minimum absolute atomic E-state index is 0.166. The molecule has 1 aromatic carbocycles. The standard InChI is InChI=1S/C17H17ClN4O2S/c1-11(16-20-21-17(24-16)14-8-5-9-25-14)22(2)10-15(23)19-13-7-4-3-6-12(13)18/h3-9,11H,10H2,1-2H3,(H,19,23)/t11-/m1/s1. The topological polar surface area (TPSA) is 71.3 Å². The highest BCUT2D eigenvalue weighted by Crippen LogP contribution is 2.26. The summed E-state index contributed by atoms with van der Waals surface area (Å²) in [5, 5.41) is 13.4. The highest BCUT2D eigenvalue weighted by Gasteiger charge is 2.21. The van der Waals surface area contributed by atoms with Crippen LogP contribution in [-0.4, -0.2) is 34.6 Å². The maximum absolute atomic E-state index is 12.2. The van der Waals surface area contributed by atoms with E-state index in [1.165, 1.54) is 11.3 Å². The van der Waals surface area contributed by atoms with Crippen LogP contribution in [-0.2, 0) is 4.79 Å². The maximum Gasteiger partial charge on any atom is 0.257 e. The van der Waals surface area contributed by atoms with Gasteiger partial charge < -0.3 is 9.73 Å². The number of thiophene rings is 1. The Morgan fingerprint density at radius 3 is 2.84 bits per heavy atom. The lowest BCUT2D eigenvalue weighted by Gasteiger charge is -2.21. The Hall–Kier alpha value is -2.22. The van der Waals surface area contributed by atoms with Gasteiger partial charge in [0.1, 0.15) is 0 Å². The third-order valence-corrected chi connectivity index (χ3v) is 4.92. The molecule has 0 aliphatic heterocycles. The Morgan fingerprint density at radius 1 is 1.32 bits per heavy atom. The first-order valence-electron chi connectivity index (χ1n) is 7.66. The summed E-state index contributed by atoms with van der Waals surface area (Å²) < 4.78 is 5.72. The van der Waals surface area contributed by atoms with E-state index >= 15 is 0 Å². The third-order valence-electron chi connectivity index (χ3n) is 3.73. The molecule has 1 amide bonds. The van der Waals surface area contributed by atoms with Crippen LogP contribution in [0.5, 0.6) is 0 Å². The number of amides is 1. The molecular weight excluding hydrogens is 360 g/mol. The predicted octanol–water partition coefficient (Wildman–Crippen LogP) is 4.08. The zero-order chi connectivity index (χ0) is 17.8. The number of para-hydroxylation sites is 1. The van der Waals surface area contributed by atoms with Gasteiger partial charge in [-0.3, -0.25) is 9.69 Å². The molecule has 0 aliphatic rings. The van der Waals surface area contributed by atoms with Crippen molar-refractivity contribution >= 4 is 34.5 Å². The van der Waals surface area contributed by atoms with Crippen molar-refractivity contribution < 1.29 is 9.21 Å². The molecule has 0 fully saturated rings. The molecule has 2 heterocycles. The second kappa shape index (κ2) is 7.77. The number of benzene rings is 1. The van der Waals surface area contributed by atoms with Gasteiger partial charge in [0.15, 0.2) is 0 Å². The van der Waals surface area contributed by atoms with E-state index in [1.807, 2.05) is 48.5 Å². The molecule has 0 aliphatic carbocycles. The van der Waals surface area contributed by atoms with Crippen LogP contribution in [0.2, 0.25) is 5.02 Å². The van der Waals surface area contributed by atoms with Crippen molar-refractivity contribution in [2.24, 2.45) is 0 Å². The van der Waals surface area contributed by atoms with E-state index in [2.05, 4.69) is 15.5 Å². The third kappa shape index (κ3) is 4.25. The van der Waals surface area contributed by atoms with E-state index in [4.69, 9.17) is 16.0 Å². The van der Waals surface area contributed by atoms with Gasteiger partial charge in [-0.2, -0.15) is 0 Å². The monoisotopic (exact) mass is 376 g/mol. The number of rotatable bonds is 6. The average molecular weight is 377 g/mol. The summed E-state index contributed by atoms with van der Waals surface area (Å²) in [5.41, 5.74) is 0.591. The molecule has 130 valence electrons. The van der Waals surface area contributed by atoms with Gasteiger partial charge in [0, 0.05) is 0 Å². The van der Waals surface area contributed by atoms with Crippen LogP contribution in [0.3, 0.4) is 0 Å². The van der Waals surface area contributed by atoms with E-state index in [0.717, 1.165) is 4.88 Å². The van der Waals surface area contributed by atoms with Crippen LogP contribution in [0.25, 0.3) is 10.8 Å². The number of nitrogens with one attached hydrogen (secondary N) is 1. The Kier molecular flexibility index (Phi) is 5.47. The normalized spacial score (nSPS) is 12.3. The van der Waals surface area contributed by atoms with Crippen molar-refractivity contribution in [2.45, 2.75) is 13.0 Å². The smallest absolute Gasteiger partial charge is 0.257 e. The van der Waals surface area contributed by atoms with E-state index < -0.39 is 0 Å². The summed E-state index contributed by atoms with van der Waals surface area (Å²) in [6, 6.07) is 10.8. The van der Waals surface area contributed by atoms with Crippen LogP contribution >= 0.6 is 22.9 Å². The van der Waals surface area contributed by atoms with Crippen LogP contribution in [0.4, 0.5) is 5.69 Å². The lowest BCUT2D eigenvalue weighted by atomic mass is 10.3. The van der Waals surface area contributed by atoms with Crippen molar-refractivity contribution in [3.05, 3.63) is 52.7 Å². The molecule has 3 rings (SSSR count). The number of carbonyl (C=O) groups excluding carboxylic acids is 1. The summed E-state index contributed by atoms with van der Waals surface area (Å²) in [6.07, 6.45) is 0. The molecule has 0 saturated heterocycles. The van der Waals surface area contributed by atoms with Gasteiger partial charge in [-0.1, -0.05) is 29.8 Å². The number of hydrogen-bond donors (Lipinski definition) is 1. The molecule has 0 radical (unpaired) electrons. The summed E-state index contributed by atoms with van der Waals surface area (Å²) in [4.78, 5) is 15.0. The molecular formula is C17H17ClN4O2S. The molecule has 3 aromatic rings. The summed E-state index contributed by atoms with van der Waals surface area (Å²) >= 11 is 7.59. The van der Waals surface area contributed by atoms with E-state index in [9.17, 15) is 4.79 Å². The number of halogens is 1. The van der Waals surface area contributed by atoms with Gasteiger partial charge in [0.2, 0.25) is 11.8 Å². The molecule has 1 atom stereocenters. The molecule has 8 heteroatoms. The van der Waals surface area contributed by atoms with E-state index in [0.29, 0.717) is 22.5 Å². The number of aromatic nitrogens is 2. The largest absolute Gasteiger partial charge is 0.418 e. The minimum atomic E-state index is -0.196. The first-order valence-corrected chi connectivity index (χ1v) is 8.92. The Bertz CT molecular complexity index is 850. The molecule has 0 bridgehead atoms. The van der Waals surface area contributed by atoms with Crippen molar-refractivity contribution in [2.75, 3.05) is 18.9 Å². The van der Waals surface area contributed by atoms with Gasteiger partial charge in [-0.15, -0.1) is 21.5 Å². The molecule has 2 aromatic heterocycles. The average Bonchev–Trinajstić information content (AvgIpc) is 3.27. The lowest BCUT2D eigenvalue weighted by molar-refractivity contribution is -0.117. The second-order valence-electron chi connectivity index (χ2n) is 5.54. The van der Waals surface area contributed by atoms with Gasteiger partial charge in [0.05, 0.1) is 28.2 Å². The molecule has 0 unspecified atom stereocenters. The van der Waals surface area contributed by atoms with Crippen LogP contribution in [0.1, 0.15) is 18.9 Å². The highest BCUT2D eigenvalue weighted by atomic mass is 35.5. The first-order chi connectivity index (χ1) is 12.0. The van der Waals surface area contributed by atoms with Gasteiger partial charge in [-0.05, 0) is 37.6 Å². The van der Waals surface area contributed by atoms with Crippen molar-refractivity contribution in [1.82, 2.24) is 15.1 Å². The molecule has 6 nitrogen and oxygen atoms in total. The van der Waals surface area contributed by atoms with Gasteiger partial charge in [0.25, 0.3) is 5.89 Å². The fourth-order valence-electron chi connectivity index (χ4n) is 2.21. The number of hydrogen-bond acceptors (Lipinski definition) is 6. The quantitative estimate of drug-likeness (QED) is 0.701. The van der Waals surface area contributed by atoms with Gasteiger partial charge in [-0.25, -0.2) is 0 Å². The van der Waals surface area contributed by atoms with E-state index in [1.54, 1.807) is 12.1 Å². The van der Waals surface area contributed by atoms with Crippen LogP contribution in [0, 0.1) is 0 Å². The Labute approximate surface area is 154 Å². The SMILES string of the molecule is C[C@H](c1nnc(-c2cccs2)o1)N(C)CC(=O)Nc1ccccc1Cl. The van der Waals surface area contributed by atoms with Crippen molar-refractivity contribution in [3.8, 4) is 10.8 Å². The fourth-order valence-corrected chi connectivity index (χ4v) is 3.03. The van der Waals surface area contributed by atoms with E-state index in [-0.39, 0.29) is 18.5 Å². The minimum Gasteiger partial charge on any atom is -0.418 e. The zero-order valence-corrected chi connectivity index (χ0v) is 15.3. The number of nitrogens with zero attached hydrogens (tertiary/aromatic N) is 3. The Morgan fingerprint density at radius 2 is 2.12 bits per heavy atom. The lowest BCUT2D eigenvalue weighted by Crippen LogP contribution is -2.32. The highest BCUT2D eigenvalue weighted by molar-refractivity contribution is 7.13. The number of anilines is 1. The molecule has 25 heavy (non-hydrogen) atoms. The molecule has 0 saturated carbocycles. The summed E-state index contributed by atoms with van der Waals surface area (Å²) in [7, 11) is 1.83. The second-order valence-corrected chi connectivity index (χ2v) is 6.90. The first kappa shape index (κ1) is 17.6.